The zero-order valence-corrected chi connectivity index (χ0v) is 12.1. The van der Waals surface area contributed by atoms with Gasteiger partial charge in [-0.1, -0.05) is 17.7 Å². The van der Waals surface area contributed by atoms with E-state index in [9.17, 15) is 17.6 Å². The number of halogens is 5. The van der Waals surface area contributed by atoms with Crippen LogP contribution in [0.4, 0.5) is 17.6 Å². The van der Waals surface area contributed by atoms with Gasteiger partial charge < -0.3 is 5.32 Å². The molecule has 0 saturated carbocycles. The van der Waals surface area contributed by atoms with Crippen LogP contribution in [0.3, 0.4) is 0 Å². The molecule has 118 valence electrons. The molecule has 0 amide bonds. The van der Waals surface area contributed by atoms with Gasteiger partial charge in [-0.15, -0.1) is 0 Å². The van der Waals surface area contributed by atoms with Crippen molar-refractivity contribution in [2.24, 2.45) is 0 Å². The van der Waals surface area contributed by atoms with Crippen LogP contribution in [-0.2, 0) is 0 Å². The van der Waals surface area contributed by atoms with E-state index in [0.717, 1.165) is 19.2 Å². The smallest absolute Gasteiger partial charge is 0.314 e. The molecule has 0 aliphatic carbocycles. The summed E-state index contributed by atoms with van der Waals surface area (Å²) >= 11 is 6.03. The van der Waals surface area contributed by atoms with Gasteiger partial charge >= 0.3 is 6.18 Å². The second-order valence-electron chi connectivity index (χ2n) is 5.12. The normalized spacial score (nSPS) is 18.7. The Morgan fingerprint density at radius 2 is 1.90 bits per heavy atom. The fourth-order valence-corrected chi connectivity index (χ4v) is 2.89. The molecule has 7 heteroatoms. The fourth-order valence-electron chi connectivity index (χ4n) is 2.60. The highest BCUT2D eigenvalue weighted by Crippen LogP contribution is 2.35. The van der Waals surface area contributed by atoms with E-state index in [4.69, 9.17) is 11.6 Å². The van der Waals surface area contributed by atoms with E-state index in [1.165, 1.54) is 12.1 Å². The van der Waals surface area contributed by atoms with E-state index in [1.807, 2.05) is 4.90 Å². The first-order chi connectivity index (χ1) is 9.87. The molecule has 1 fully saturated rings. The molecule has 1 saturated heterocycles. The Balaban J connectivity index is 2.21. The van der Waals surface area contributed by atoms with Crippen molar-refractivity contribution in [3.05, 3.63) is 34.6 Å². The number of hydrogen-bond acceptors (Lipinski definition) is 2. The van der Waals surface area contributed by atoms with Crippen molar-refractivity contribution in [2.45, 2.75) is 25.1 Å². The monoisotopic (exact) mass is 324 g/mol. The molecule has 1 aliphatic rings. The number of benzene rings is 1. The SMILES string of the molecule is Fc1ccc([C@H](CCC(F)(F)F)N2CCNCC2)c(Cl)c1. The Morgan fingerprint density at radius 3 is 2.48 bits per heavy atom. The first-order valence-corrected chi connectivity index (χ1v) is 7.21. The van der Waals surface area contributed by atoms with Crippen molar-refractivity contribution in [3.63, 3.8) is 0 Å². The Morgan fingerprint density at radius 1 is 1.24 bits per heavy atom. The molecule has 0 aromatic heterocycles. The van der Waals surface area contributed by atoms with Gasteiger partial charge in [0.15, 0.2) is 0 Å². The summed E-state index contributed by atoms with van der Waals surface area (Å²) in [6.45, 7) is 2.75. The summed E-state index contributed by atoms with van der Waals surface area (Å²) in [7, 11) is 0. The molecule has 1 aromatic rings. The van der Waals surface area contributed by atoms with Gasteiger partial charge in [-0.2, -0.15) is 13.2 Å². The van der Waals surface area contributed by atoms with E-state index >= 15 is 0 Å². The van der Waals surface area contributed by atoms with Gasteiger partial charge in [0.2, 0.25) is 0 Å². The minimum absolute atomic E-state index is 0.0746. The van der Waals surface area contributed by atoms with Gasteiger partial charge in [0.25, 0.3) is 0 Å². The summed E-state index contributed by atoms with van der Waals surface area (Å²) in [5.41, 5.74) is 0.559. The minimum Gasteiger partial charge on any atom is -0.314 e. The van der Waals surface area contributed by atoms with Crippen LogP contribution in [0.1, 0.15) is 24.4 Å². The van der Waals surface area contributed by atoms with Crippen molar-refractivity contribution >= 4 is 11.6 Å². The van der Waals surface area contributed by atoms with Crippen LogP contribution < -0.4 is 5.32 Å². The van der Waals surface area contributed by atoms with Crippen LogP contribution in [-0.4, -0.2) is 37.3 Å². The molecule has 2 rings (SSSR count). The molecule has 21 heavy (non-hydrogen) atoms. The van der Waals surface area contributed by atoms with Gasteiger partial charge in [-0.3, -0.25) is 4.90 Å². The van der Waals surface area contributed by atoms with Gasteiger partial charge in [-0.05, 0) is 24.1 Å². The van der Waals surface area contributed by atoms with Crippen molar-refractivity contribution < 1.29 is 17.6 Å². The number of alkyl halides is 3. The van der Waals surface area contributed by atoms with Crippen LogP contribution in [0.25, 0.3) is 0 Å². The average molecular weight is 325 g/mol. The number of nitrogens with one attached hydrogen (secondary N) is 1. The van der Waals surface area contributed by atoms with E-state index < -0.39 is 24.5 Å². The van der Waals surface area contributed by atoms with Crippen LogP contribution >= 0.6 is 11.6 Å². The van der Waals surface area contributed by atoms with Crippen LogP contribution in [0, 0.1) is 5.82 Å². The predicted molar refractivity (Wildman–Crippen MR) is 73.9 cm³/mol. The molecule has 1 atom stereocenters. The van der Waals surface area contributed by atoms with Crippen LogP contribution in [0.15, 0.2) is 18.2 Å². The number of nitrogens with zero attached hydrogens (tertiary/aromatic N) is 1. The lowest BCUT2D eigenvalue weighted by atomic mass is 9.99. The number of rotatable bonds is 4. The lowest BCUT2D eigenvalue weighted by molar-refractivity contribution is -0.138. The number of hydrogen-bond donors (Lipinski definition) is 1. The van der Waals surface area contributed by atoms with E-state index in [2.05, 4.69) is 5.32 Å². The Labute approximate surface area is 126 Å². The summed E-state index contributed by atoms with van der Waals surface area (Å²) in [4.78, 5) is 1.97. The third kappa shape index (κ3) is 4.83. The Bertz CT molecular complexity index is 473. The molecule has 1 aliphatic heterocycles. The van der Waals surface area contributed by atoms with Crippen LogP contribution in [0.2, 0.25) is 5.02 Å². The molecule has 2 nitrogen and oxygen atoms in total. The highest BCUT2D eigenvalue weighted by molar-refractivity contribution is 6.31. The van der Waals surface area contributed by atoms with Crippen molar-refractivity contribution in [1.29, 1.82) is 0 Å². The zero-order valence-electron chi connectivity index (χ0n) is 11.4. The molecular weight excluding hydrogens is 308 g/mol. The van der Waals surface area contributed by atoms with E-state index in [-0.39, 0.29) is 11.4 Å². The van der Waals surface area contributed by atoms with Crippen molar-refractivity contribution in [3.8, 4) is 0 Å². The maximum atomic E-state index is 13.1. The average Bonchev–Trinajstić information content (AvgIpc) is 2.41. The predicted octanol–water partition coefficient (Wildman–Crippen LogP) is 3.77. The summed E-state index contributed by atoms with van der Waals surface area (Å²) in [5.74, 6) is -0.487. The van der Waals surface area contributed by atoms with Crippen molar-refractivity contribution in [1.82, 2.24) is 10.2 Å². The van der Waals surface area contributed by atoms with Gasteiger partial charge in [0.05, 0.1) is 0 Å². The zero-order chi connectivity index (χ0) is 15.5. The standard InChI is InChI=1S/C14H17ClF4N2/c15-12-9-10(16)1-2-11(12)13(3-4-14(17,18)19)21-7-5-20-6-8-21/h1-2,9,13,20H,3-8H2/t13-/m0/s1. The molecule has 1 aromatic carbocycles. The summed E-state index contributed by atoms with van der Waals surface area (Å²) in [6.07, 6.45) is -5.16. The van der Waals surface area contributed by atoms with E-state index in [0.29, 0.717) is 18.7 Å². The molecule has 0 radical (unpaired) electrons. The van der Waals surface area contributed by atoms with Crippen molar-refractivity contribution in [2.75, 3.05) is 26.2 Å². The number of piperazine rings is 1. The first kappa shape index (κ1) is 16.5. The fraction of sp³-hybridized carbons (Fsp3) is 0.571. The highest BCUT2D eigenvalue weighted by atomic mass is 35.5. The summed E-state index contributed by atoms with van der Waals surface area (Å²) in [5, 5.41) is 3.34. The molecule has 0 spiro atoms. The molecular formula is C14H17ClF4N2. The molecule has 0 bridgehead atoms. The molecule has 1 heterocycles. The van der Waals surface area contributed by atoms with Gasteiger partial charge in [-0.25, -0.2) is 4.39 Å². The van der Waals surface area contributed by atoms with Crippen LogP contribution in [0.5, 0.6) is 0 Å². The second-order valence-corrected chi connectivity index (χ2v) is 5.53. The second kappa shape index (κ2) is 6.94. The summed E-state index contributed by atoms with van der Waals surface area (Å²) in [6, 6.07) is 3.44. The molecule has 1 N–H and O–H groups in total. The Hall–Kier alpha value is -0.850. The third-order valence-electron chi connectivity index (χ3n) is 3.62. The van der Waals surface area contributed by atoms with Gasteiger partial charge in [0, 0.05) is 43.7 Å². The lowest BCUT2D eigenvalue weighted by Crippen LogP contribution is -2.45. The first-order valence-electron chi connectivity index (χ1n) is 6.83. The van der Waals surface area contributed by atoms with E-state index in [1.54, 1.807) is 0 Å². The highest BCUT2D eigenvalue weighted by Gasteiger charge is 2.32. The summed E-state index contributed by atoms with van der Waals surface area (Å²) < 4.78 is 50.8. The molecule has 0 unspecified atom stereocenters. The maximum Gasteiger partial charge on any atom is 0.389 e. The minimum atomic E-state index is -4.21. The van der Waals surface area contributed by atoms with Gasteiger partial charge in [0.1, 0.15) is 5.82 Å². The third-order valence-corrected chi connectivity index (χ3v) is 3.94. The quantitative estimate of drug-likeness (QED) is 0.848. The Kier molecular flexibility index (Phi) is 5.46. The maximum absolute atomic E-state index is 13.1. The topological polar surface area (TPSA) is 15.3 Å². The largest absolute Gasteiger partial charge is 0.389 e. The lowest BCUT2D eigenvalue weighted by Gasteiger charge is -2.36.